The van der Waals surface area contributed by atoms with Gasteiger partial charge in [-0.2, -0.15) is 0 Å². The van der Waals surface area contributed by atoms with Crippen LogP contribution in [0.4, 0.5) is 4.79 Å². The first-order valence-corrected chi connectivity index (χ1v) is 7.60. The molecule has 0 radical (unpaired) electrons. The zero-order valence-corrected chi connectivity index (χ0v) is 11.0. The van der Waals surface area contributed by atoms with E-state index in [0.29, 0.717) is 19.5 Å². The smallest absolute Gasteiger partial charge is 0.317 e. The van der Waals surface area contributed by atoms with Gasteiger partial charge in [-0.15, -0.1) is 0 Å². The maximum atomic E-state index is 11.7. The lowest BCUT2D eigenvalue weighted by atomic mass is 10.2. The van der Waals surface area contributed by atoms with E-state index in [4.69, 9.17) is 5.14 Å². The molecule has 1 saturated heterocycles. The van der Waals surface area contributed by atoms with Crippen LogP contribution in [0.25, 0.3) is 0 Å². The van der Waals surface area contributed by atoms with Gasteiger partial charge in [0.25, 0.3) is 0 Å². The molecule has 1 atom stereocenters. The topological polar surface area (TPSA) is 92.5 Å². The molecule has 0 aliphatic carbocycles. The fraction of sp³-hybridized carbons (Fsp3) is 0.900. The fourth-order valence-corrected chi connectivity index (χ4v) is 2.68. The molecule has 1 unspecified atom stereocenters. The maximum Gasteiger partial charge on any atom is 0.317 e. The number of hydrogen-bond acceptors (Lipinski definition) is 3. The predicted octanol–water partition coefficient (Wildman–Crippen LogP) is 0.249. The minimum atomic E-state index is -3.52. The summed E-state index contributed by atoms with van der Waals surface area (Å²) in [6.07, 6.45) is 3.57. The average Bonchev–Trinajstić information content (AvgIpc) is 2.72. The minimum Gasteiger partial charge on any atom is -0.338 e. The van der Waals surface area contributed by atoms with E-state index in [-0.39, 0.29) is 12.6 Å². The summed E-state index contributed by atoms with van der Waals surface area (Å²) in [5.41, 5.74) is 0. The molecule has 2 amide bonds. The van der Waals surface area contributed by atoms with Crippen LogP contribution in [-0.2, 0) is 10.0 Å². The van der Waals surface area contributed by atoms with Crippen molar-refractivity contribution in [1.82, 2.24) is 10.2 Å². The van der Waals surface area contributed by atoms with E-state index >= 15 is 0 Å². The molecular formula is C10H21N3O3S. The molecule has 0 bridgehead atoms. The van der Waals surface area contributed by atoms with Crippen molar-refractivity contribution in [1.29, 1.82) is 0 Å². The van der Waals surface area contributed by atoms with Gasteiger partial charge >= 0.3 is 6.03 Å². The number of likely N-dealkylation sites (tertiary alicyclic amines) is 1. The number of hydrogen-bond donors (Lipinski definition) is 2. The number of carbonyl (C=O) groups excluding carboxylic acids is 1. The number of nitrogens with two attached hydrogens (primary N) is 1. The first kappa shape index (κ1) is 14.2. The Morgan fingerprint density at radius 1 is 1.47 bits per heavy atom. The van der Waals surface area contributed by atoms with Gasteiger partial charge in [0.1, 0.15) is 0 Å². The van der Waals surface area contributed by atoms with Crippen molar-refractivity contribution < 1.29 is 13.2 Å². The van der Waals surface area contributed by atoms with E-state index in [1.165, 1.54) is 4.90 Å². The summed E-state index contributed by atoms with van der Waals surface area (Å²) in [4.78, 5) is 13.2. The van der Waals surface area contributed by atoms with Crippen LogP contribution in [0.2, 0.25) is 0 Å². The van der Waals surface area contributed by atoms with Gasteiger partial charge in [0.15, 0.2) is 0 Å². The van der Waals surface area contributed by atoms with Crippen molar-refractivity contribution in [3.8, 4) is 0 Å². The average molecular weight is 263 g/mol. The molecule has 0 aromatic heterocycles. The van der Waals surface area contributed by atoms with Crippen LogP contribution >= 0.6 is 0 Å². The minimum absolute atomic E-state index is 0.188. The van der Waals surface area contributed by atoms with Crippen molar-refractivity contribution in [3.05, 3.63) is 0 Å². The van der Waals surface area contributed by atoms with E-state index in [1.807, 2.05) is 0 Å². The van der Waals surface area contributed by atoms with Gasteiger partial charge in [0, 0.05) is 19.6 Å². The van der Waals surface area contributed by atoms with Crippen LogP contribution in [0.5, 0.6) is 0 Å². The summed E-state index contributed by atoms with van der Waals surface area (Å²) >= 11 is 0. The van der Waals surface area contributed by atoms with E-state index in [2.05, 4.69) is 12.2 Å². The third-order valence-electron chi connectivity index (χ3n) is 2.95. The van der Waals surface area contributed by atoms with Crippen molar-refractivity contribution in [2.75, 3.05) is 19.6 Å². The molecule has 0 aromatic rings. The molecule has 0 spiro atoms. The van der Waals surface area contributed by atoms with E-state index < -0.39 is 15.3 Å². The zero-order valence-electron chi connectivity index (χ0n) is 10.2. The SMILES string of the molecule is CCCCCNC(=O)N1CCC(S(N)(=O)=O)C1. The second kappa shape index (κ2) is 6.20. The molecule has 1 aliphatic rings. The normalized spacial score (nSPS) is 20.6. The lowest BCUT2D eigenvalue weighted by Crippen LogP contribution is -2.40. The zero-order chi connectivity index (χ0) is 12.9. The van der Waals surface area contributed by atoms with Gasteiger partial charge in [-0.25, -0.2) is 18.4 Å². The predicted molar refractivity (Wildman–Crippen MR) is 66.0 cm³/mol. The van der Waals surface area contributed by atoms with Crippen LogP contribution in [0.15, 0.2) is 0 Å². The molecule has 17 heavy (non-hydrogen) atoms. The number of carbonyl (C=O) groups is 1. The quantitative estimate of drug-likeness (QED) is 0.696. The van der Waals surface area contributed by atoms with Crippen LogP contribution in [0.1, 0.15) is 32.6 Å². The monoisotopic (exact) mass is 263 g/mol. The van der Waals surface area contributed by atoms with Gasteiger partial charge in [-0.3, -0.25) is 0 Å². The summed E-state index contributed by atoms with van der Waals surface area (Å²) in [6, 6.07) is -0.188. The third-order valence-corrected chi connectivity index (χ3v) is 4.27. The Balaban J connectivity index is 2.31. The molecule has 0 aromatic carbocycles. The number of urea groups is 1. The van der Waals surface area contributed by atoms with Crippen LogP contribution in [-0.4, -0.2) is 44.2 Å². The maximum absolute atomic E-state index is 11.7. The lowest BCUT2D eigenvalue weighted by Gasteiger charge is -2.16. The summed E-state index contributed by atoms with van der Waals surface area (Å²) in [7, 11) is -3.52. The summed E-state index contributed by atoms with van der Waals surface area (Å²) < 4.78 is 22.2. The summed E-state index contributed by atoms with van der Waals surface area (Å²) in [6.45, 7) is 3.40. The first-order chi connectivity index (χ1) is 7.95. The highest BCUT2D eigenvalue weighted by Gasteiger charge is 2.32. The molecular weight excluding hydrogens is 242 g/mol. The molecule has 0 saturated carbocycles. The number of rotatable bonds is 5. The number of nitrogens with one attached hydrogen (secondary N) is 1. The van der Waals surface area contributed by atoms with Crippen molar-refractivity contribution in [2.45, 2.75) is 37.9 Å². The van der Waals surface area contributed by atoms with Crippen molar-refractivity contribution >= 4 is 16.1 Å². The second-order valence-electron chi connectivity index (χ2n) is 4.38. The molecule has 100 valence electrons. The Kier molecular flexibility index (Phi) is 5.20. The van der Waals surface area contributed by atoms with Crippen LogP contribution < -0.4 is 10.5 Å². The first-order valence-electron chi connectivity index (χ1n) is 5.99. The number of sulfonamides is 1. The lowest BCUT2D eigenvalue weighted by molar-refractivity contribution is 0.208. The van der Waals surface area contributed by atoms with Crippen molar-refractivity contribution in [2.24, 2.45) is 5.14 Å². The Morgan fingerprint density at radius 3 is 2.71 bits per heavy atom. The highest BCUT2D eigenvalue weighted by Crippen LogP contribution is 2.14. The van der Waals surface area contributed by atoms with Gasteiger partial charge in [-0.05, 0) is 12.8 Å². The number of nitrogens with zero attached hydrogens (tertiary/aromatic N) is 1. The molecule has 3 N–H and O–H groups in total. The third kappa shape index (κ3) is 4.51. The second-order valence-corrected chi connectivity index (χ2v) is 6.23. The highest BCUT2D eigenvalue weighted by atomic mass is 32.2. The van der Waals surface area contributed by atoms with E-state index in [9.17, 15) is 13.2 Å². The Bertz CT molecular complexity index is 356. The summed E-state index contributed by atoms with van der Waals surface area (Å²) in [5, 5.41) is 7.23. The largest absolute Gasteiger partial charge is 0.338 e. The molecule has 1 rings (SSSR count). The van der Waals surface area contributed by atoms with E-state index in [1.54, 1.807) is 0 Å². The van der Waals surface area contributed by atoms with Gasteiger partial charge in [0.2, 0.25) is 10.0 Å². The Morgan fingerprint density at radius 2 is 2.18 bits per heavy atom. The molecule has 7 heteroatoms. The fourth-order valence-electron chi connectivity index (χ4n) is 1.86. The number of primary sulfonamides is 1. The highest BCUT2D eigenvalue weighted by molar-refractivity contribution is 7.89. The Hall–Kier alpha value is -0.820. The molecule has 6 nitrogen and oxygen atoms in total. The van der Waals surface area contributed by atoms with Gasteiger partial charge < -0.3 is 10.2 Å². The van der Waals surface area contributed by atoms with Crippen LogP contribution in [0.3, 0.4) is 0 Å². The Labute approximate surface area is 103 Å². The van der Waals surface area contributed by atoms with Crippen LogP contribution in [0, 0.1) is 0 Å². The van der Waals surface area contributed by atoms with Gasteiger partial charge in [-0.1, -0.05) is 19.8 Å². The number of unbranched alkanes of at least 4 members (excludes halogenated alkanes) is 2. The number of amides is 2. The van der Waals surface area contributed by atoms with E-state index in [0.717, 1.165) is 19.3 Å². The molecule has 1 aliphatic heterocycles. The summed E-state index contributed by atoms with van der Waals surface area (Å²) in [5.74, 6) is 0. The standard InChI is InChI=1S/C10H21N3O3S/c1-2-3-4-6-12-10(14)13-7-5-9(8-13)17(11,15)16/h9H,2-8H2,1H3,(H,12,14)(H2,11,15,16). The van der Waals surface area contributed by atoms with Crippen molar-refractivity contribution in [3.63, 3.8) is 0 Å². The van der Waals surface area contributed by atoms with Gasteiger partial charge in [0.05, 0.1) is 5.25 Å². The molecule has 1 fully saturated rings. The molecule has 1 heterocycles.